The molecular weight excluding hydrogens is 413 g/mol. The monoisotopic (exact) mass is 428 g/mol. The molecular formula is C19H16ClF3N2O2S. The number of halogens is 4. The van der Waals surface area contributed by atoms with Gasteiger partial charge >= 0.3 is 6.18 Å². The van der Waals surface area contributed by atoms with Crippen LogP contribution in [0.2, 0.25) is 5.02 Å². The summed E-state index contributed by atoms with van der Waals surface area (Å²) >= 11 is 7.01. The predicted molar refractivity (Wildman–Crippen MR) is 103 cm³/mol. The molecule has 28 heavy (non-hydrogen) atoms. The van der Waals surface area contributed by atoms with Crippen molar-refractivity contribution in [3.05, 3.63) is 58.6 Å². The van der Waals surface area contributed by atoms with Crippen LogP contribution in [0.15, 0.2) is 47.4 Å². The molecule has 0 saturated heterocycles. The summed E-state index contributed by atoms with van der Waals surface area (Å²) in [6.45, 7) is -0.268. The minimum absolute atomic E-state index is 0.0368. The van der Waals surface area contributed by atoms with E-state index < -0.39 is 22.7 Å². The maximum absolute atomic E-state index is 12.9. The summed E-state index contributed by atoms with van der Waals surface area (Å²) < 4.78 is 38.7. The predicted octanol–water partition coefficient (Wildman–Crippen LogP) is 4.47. The molecule has 0 radical (unpaired) electrons. The van der Waals surface area contributed by atoms with Gasteiger partial charge in [0.2, 0.25) is 11.8 Å². The lowest BCUT2D eigenvalue weighted by Gasteiger charge is -2.20. The van der Waals surface area contributed by atoms with Crippen molar-refractivity contribution in [2.45, 2.75) is 22.7 Å². The first-order chi connectivity index (χ1) is 13.1. The number of amides is 2. The highest BCUT2D eigenvalue weighted by Crippen LogP contribution is 2.38. The largest absolute Gasteiger partial charge is 0.417 e. The molecule has 1 atom stereocenters. The van der Waals surface area contributed by atoms with Crippen LogP contribution < -0.4 is 5.32 Å². The lowest BCUT2D eigenvalue weighted by atomic mass is 10.1. The number of thioether (sulfide) groups is 1. The van der Waals surface area contributed by atoms with E-state index in [0.29, 0.717) is 6.42 Å². The maximum Gasteiger partial charge on any atom is 0.417 e. The molecule has 0 bridgehead atoms. The smallest absolute Gasteiger partial charge is 0.335 e. The van der Waals surface area contributed by atoms with Crippen molar-refractivity contribution in [1.29, 1.82) is 0 Å². The van der Waals surface area contributed by atoms with Crippen molar-refractivity contribution < 1.29 is 22.8 Å². The van der Waals surface area contributed by atoms with E-state index >= 15 is 0 Å². The molecule has 4 nitrogen and oxygen atoms in total. The third kappa shape index (κ3) is 4.62. The standard InChI is InChI=1S/C19H16ClF3N2O2S/c1-25(18(27)16-8-11-4-2-3-5-15(11)28-16)10-17(26)24-12-6-7-14(20)13(9-12)19(21,22)23/h2-7,9,16H,8,10H2,1H3,(H,24,26). The van der Waals surface area contributed by atoms with Gasteiger partial charge in [0.1, 0.15) is 0 Å². The maximum atomic E-state index is 12.9. The molecule has 2 amide bonds. The topological polar surface area (TPSA) is 49.4 Å². The van der Waals surface area contributed by atoms with Gasteiger partial charge in [-0.1, -0.05) is 29.8 Å². The summed E-state index contributed by atoms with van der Waals surface area (Å²) in [5.74, 6) is -0.796. The summed E-state index contributed by atoms with van der Waals surface area (Å²) in [6, 6.07) is 10.8. The number of benzene rings is 2. The lowest BCUT2D eigenvalue weighted by Crippen LogP contribution is -2.39. The molecule has 0 aliphatic carbocycles. The second kappa shape index (κ2) is 8.05. The first-order valence-corrected chi connectivity index (χ1v) is 9.57. The van der Waals surface area contributed by atoms with Crippen molar-refractivity contribution in [3.8, 4) is 0 Å². The first kappa shape index (κ1) is 20.5. The Bertz CT molecular complexity index is 895. The minimum Gasteiger partial charge on any atom is -0.335 e. The number of hydrogen-bond acceptors (Lipinski definition) is 3. The Balaban J connectivity index is 1.60. The van der Waals surface area contributed by atoms with Gasteiger partial charge in [-0.25, -0.2) is 0 Å². The molecule has 1 N–H and O–H groups in total. The number of nitrogens with one attached hydrogen (secondary N) is 1. The molecule has 0 saturated carbocycles. The van der Waals surface area contributed by atoms with Gasteiger partial charge in [-0.05, 0) is 36.2 Å². The van der Waals surface area contributed by atoms with Crippen LogP contribution >= 0.6 is 23.4 Å². The van der Waals surface area contributed by atoms with Crippen molar-refractivity contribution in [2.75, 3.05) is 18.9 Å². The molecule has 9 heteroatoms. The van der Waals surface area contributed by atoms with E-state index in [-0.39, 0.29) is 23.4 Å². The fourth-order valence-electron chi connectivity index (χ4n) is 2.88. The van der Waals surface area contributed by atoms with Gasteiger partial charge < -0.3 is 10.2 Å². The molecule has 1 aliphatic rings. The molecule has 1 aliphatic heterocycles. The number of rotatable bonds is 4. The zero-order valence-electron chi connectivity index (χ0n) is 14.7. The van der Waals surface area contributed by atoms with Crippen LogP contribution in [0.3, 0.4) is 0 Å². The third-order valence-electron chi connectivity index (χ3n) is 4.24. The van der Waals surface area contributed by atoms with E-state index in [1.165, 1.54) is 29.8 Å². The highest BCUT2D eigenvalue weighted by Gasteiger charge is 2.34. The number of anilines is 1. The fraction of sp³-hybridized carbons (Fsp3) is 0.263. The number of hydrogen-bond donors (Lipinski definition) is 1. The number of alkyl halides is 3. The van der Waals surface area contributed by atoms with E-state index in [4.69, 9.17) is 11.6 Å². The van der Waals surface area contributed by atoms with Crippen LogP contribution in [-0.2, 0) is 22.2 Å². The fourth-order valence-corrected chi connectivity index (χ4v) is 4.41. The van der Waals surface area contributed by atoms with E-state index in [0.717, 1.165) is 22.6 Å². The molecule has 2 aromatic rings. The van der Waals surface area contributed by atoms with Gasteiger partial charge in [0, 0.05) is 17.6 Å². The number of fused-ring (bicyclic) bond motifs is 1. The van der Waals surface area contributed by atoms with Gasteiger partial charge in [0.15, 0.2) is 0 Å². The van der Waals surface area contributed by atoms with Crippen LogP contribution in [-0.4, -0.2) is 35.6 Å². The molecule has 148 valence electrons. The number of likely N-dealkylation sites (N-methyl/N-ethyl adjacent to an activating group) is 1. The summed E-state index contributed by atoms with van der Waals surface area (Å²) in [4.78, 5) is 27.1. The molecule has 0 aromatic heterocycles. The van der Waals surface area contributed by atoms with Gasteiger partial charge in [-0.2, -0.15) is 13.2 Å². The number of carbonyl (C=O) groups excluding carboxylic acids is 2. The highest BCUT2D eigenvalue weighted by atomic mass is 35.5. The quantitative estimate of drug-likeness (QED) is 0.781. The van der Waals surface area contributed by atoms with Crippen molar-refractivity contribution in [1.82, 2.24) is 4.90 Å². The molecule has 2 aromatic carbocycles. The summed E-state index contributed by atoms with van der Waals surface area (Å²) in [5.41, 5.74) is 0.0197. The Morgan fingerprint density at radius 2 is 1.96 bits per heavy atom. The van der Waals surface area contributed by atoms with Crippen molar-refractivity contribution >= 4 is 40.9 Å². The Kier molecular flexibility index (Phi) is 5.90. The van der Waals surface area contributed by atoms with Gasteiger partial charge in [0.05, 0.1) is 22.4 Å². The van der Waals surface area contributed by atoms with E-state index in [2.05, 4.69) is 5.32 Å². The number of nitrogens with zero attached hydrogens (tertiary/aromatic N) is 1. The molecule has 0 spiro atoms. The Labute approximate surface area is 169 Å². The van der Waals surface area contributed by atoms with Gasteiger partial charge in [-0.3, -0.25) is 9.59 Å². The SMILES string of the molecule is CN(CC(=O)Nc1ccc(Cl)c(C(F)(F)F)c1)C(=O)C1Cc2ccccc2S1. The van der Waals surface area contributed by atoms with Crippen molar-refractivity contribution in [3.63, 3.8) is 0 Å². The molecule has 1 unspecified atom stereocenters. The van der Waals surface area contributed by atoms with Crippen LogP contribution in [0.4, 0.5) is 18.9 Å². The van der Waals surface area contributed by atoms with E-state index in [9.17, 15) is 22.8 Å². The first-order valence-electron chi connectivity index (χ1n) is 8.31. The van der Waals surface area contributed by atoms with Crippen LogP contribution in [0.25, 0.3) is 0 Å². The van der Waals surface area contributed by atoms with Gasteiger partial charge in [-0.15, -0.1) is 11.8 Å². The average Bonchev–Trinajstić information content (AvgIpc) is 3.05. The summed E-state index contributed by atoms with van der Waals surface area (Å²) in [6.07, 6.45) is -4.04. The van der Waals surface area contributed by atoms with Gasteiger partial charge in [0.25, 0.3) is 0 Å². The van der Waals surface area contributed by atoms with Crippen LogP contribution in [0, 0.1) is 0 Å². The molecule has 0 fully saturated rings. The summed E-state index contributed by atoms with van der Waals surface area (Å²) in [7, 11) is 1.49. The second-order valence-electron chi connectivity index (χ2n) is 6.35. The Morgan fingerprint density at radius 3 is 2.64 bits per heavy atom. The van der Waals surface area contributed by atoms with Crippen molar-refractivity contribution in [2.24, 2.45) is 0 Å². The van der Waals surface area contributed by atoms with E-state index in [1.54, 1.807) is 0 Å². The minimum atomic E-state index is -4.63. The lowest BCUT2D eigenvalue weighted by molar-refractivity contribution is -0.137. The summed E-state index contributed by atoms with van der Waals surface area (Å²) in [5, 5.41) is 1.61. The Hall–Kier alpha value is -2.19. The zero-order valence-corrected chi connectivity index (χ0v) is 16.3. The normalized spacial score (nSPS) is 15.8. The number of carbonyl (C=O) groups is 2. The van der Waals surface area contributed by atoms with Crippen LogP contribution in [0.5, 0.6) is 0 Å². The highest BCUT2D eigenvalue weighted by molar-refractivity contribution is 8.01. The second-order valence-corrected chi connectivity index (χ2v) is 8.00. The van der Waals surface area contributed by atoms with E-state index in [1.807, 2.05) is 24.3 Å². The molecule has 3 rings (SSSR count). The molecule has 1 heterocycles. The Morgan fingerprint density at radius 1 is 1.25 bits per heavy atom. The average molecular weight is 429 g/mol. The third-order valence-corrected chi connectivity index (χ3v) is 5.87. The zero-order chi connectivity index (χ0) is 20.5. The van der Waals surface area contributed by atoms with Crippen LogP contribution in [0.1, 0.15) is 11.1 Å².